The standard InChI is InChI=1S/C14H27/c1-2-3-11-14-12-9-7-5-4-6-8-10-13-14/h11,14H,2-10,12-13H2,1H3. The van der Waals surface area contributed by atoms with Gasteiger partial charge in [0, 0.05) is 0 Å². The van der Waals surface area contributed by atoms with Gasteiger partial charge >= 0.3 is 0 Å². The lowest BCUT2D eigenvalue weighted by atomic mass is 9.89. The van der Waals surface area contributed by atoms with Crippen molar-refractivity contribution in [1.29, 1.82) is 0 Å². The van der Waals surface area contributed by atoms with Crippen LogP contribution in [0.2, 0.25) is 0 Å². The van der Waals surface area contributed by atoms with Gasteiger partial charge in [-0.2, -0.15) is 0 Å². The maximum absolute atomic E-state index is 2.60. The molecule has 0 spiro atoms. The molecule has 0 heteroatoms. The summed E-state index contributed by atoms with van der Waals surface area (Å²) in [6, 6.07) is 0. The Kier molecular flexibility index (Phi) is 7.17. The molecule has 0 aliphatic heterocycles. The van der Waals surface area contributed by atoms with E-state index in [0.717, 1.165) is 5.92 Å². The van der Waals surface area contributed by atoms with Crippen molar-refractivity contribution in [3.8, 4) is 0 Å². The molecular weight excluding hydrogens is 168 g/mol. The third kappa shape index (κ3) is 5.67. The average molecular weight is 195 g/mol. The Balaban J connectivity index is 2.16. The van der Waals surface area contributed by atoms with E-state index in [2.05, 4.69) is 13.3 Å². The molecule has 0 aromatic heterocycles. The number of rotatable bonds is 3. The maximum Gasteiger partial charge on any atom is -0.0355 e. The van der Waals surface area contributed by atoms with Gasteiger partial charge in [0.2, 0.25) is 0 Å². The molecule has 0 N–H and O–H groups in total. The molecule has 0 amide bonds. The van der Waals surface area contributed by atoms with Gasteiger partial charge in [0.25, 0.3) is 0 Å². The number of hydrogen-bond acceptors (Lipinski definition) is 0. The van der Waals surface area contributed by atoms with Crippen LogP contribution in [0.5, 0.6) is 0 Å². The Morgan fingerprint density at radius 1 is 0.857 bits per heavy atom. The summed E-state index contributed by atoms with van der Waals surface area (Å²) >= 11 is 0. The van der Waals surface area contributed by atoms with Gasteiger partial charge in [-0.1, -0.05) is 77.6 Å². The van der Waals surface area contributed by atoms with E-state index in [1.54, 1.807) is 0 Å². The first-order chi connectivity index (χ1) is 6.93. The van der Waals surface area contributed by atoms with Crippen molar-refractivity contribution in [3.63, 3.8) is 0 Å². The SMILES string of the molecule is CCC[CH]C1CCCCCCCCC1. The zero-order valence-electron chi connectivity index (χ0n) is 9.93. The Morgan fingerprint density at radius 3 is 1.86 bits per heavy atom. The highest BCUT2D eigenvalue weighted by atomic mass is 14.1. The van der Waals surface area contributed by atoms with Gasteiger partial charge in [0.05, 0.1) is 0 Å². The monoisotopic (exact) mass is 195 g/mol. The lowest BCUT2D eigenvalue weighted by Crippen LogP contribution is -2.03. The van der Waals surface area contributed by atoms with Gasteiger partial charge in [-0.15, -0.1) is 0 Å². The molecule has 0 aromatic carbocycles. The first-order valence-electron chi connectivity index (χ1n) is 6.77. The summed E-state index contributed by atoms with van der Waals surface area (Å²) in [4.78, 5) is 0. The number of hydrogen-bond donors (Lipinski definition) is 0. The van der Waals surface area contributed by atoms with Crippen molar-refractivity contribution in [3.05, 3.63) is 6.42 Å². The lowest BCUT2D eigenvalue weighted by molar-refractivity contribution is 0.417. The molecule has 1 fully saturated rings. The second-order valence-corrected chi connectivity index (χ2v) is 4.84. The fraction of sp³-hybridized carbons (Fsp3) is 0.929. The smallest absolute Gasteiger partial charge is 0.0355 e. The van der Waals surface area contributed by atoms with E-state index in [-0.39, 0.29) is 0 Å². The number of unbranched alkanes of at least 4 members (excludes halogenated alkanes) is 1. The fourth-order valence-corrected chi connectivity index (χ4v) is 2.48. The zero-order chi connectivity index (χ0) is 10.1. The first kappa shape index (κ1) is 12.1. The van der Waals surface area contributed by atoms with Crippen LogP contribution in [0.1, 0.15) is 77.6 Å². The summed E-state index contributed by atoms with van der Waals surface area (Å²) in [6.07, 6.45) is 18.6. The third-order valence-corrected chi connectivity index (χ3v) is 3.44. The Labute approximate surface area is 90.5 Å². The quantitative estimate of drug-likeness (QED) is 0.585. The maximum atomic E-state index is 2.60. The molecule has 1 radical (unpaired) electrons. The molecule has 0 bridgehead atoms. The largest absolute Gasteiger partial charge is 0.0654 e. The van der Waals surface area contributed by atoms with Gasteiger partial charge in [-0.25, -0.2) is 0 Å². The molecule has 14 heavy (non-hydrogen) atoms. The topological polar surface area (TPSA) is 0 Å². The fourth-order valence-electron chi connectivity index (χ4n) is 2.48. The molecular formula is C14H27. The first-order valence-corrected chi connectivity index (χ1v) is 6.77. The minimum atomic E-state index is 0.952. The van der Waals surface area contributed by atoms with Crippen LogP contribution in [-0.2, 0) is 0 Å². The molecule has 1 aliphatic rings. The molecule has 0 heterocycles. The minimum absolute atomic E-state index is 0.952. The van der Waals surface area contributed by atoms with Crippen molar-refractivity contribution in [2.75, 3.05) is 0 Å². The molecule has 0 saturated heterocycles. The van der Waals surface area contributed by atoms with Crippen molar-refractivity contribution >= 4 is 0 Å². The zero-order valence-corrected chi connectivity index (χ0v) is 9.93. The van der Waals surface area contributed by atoms with E-state index in [0.29, 0.717) is 0 Å². The summed E-state index contributed by atoms with van der Waals surface area (Å²) < 4.78 is 0. The molecule has 1 aliphatic carbocycles. The summed E-state index contributed by atoms with van der Waals surface area (Å²) in [6.45, 7) is 2.29. The average Bonchev–Trinajstić information content (AvgIpc) is 2.23. The third-order valence-electron chi connectivity index (χ3n) is 3.44. The van der Waals surface area contributed by atoms with E-state index in [9.17, 15) is 0 Å². The van der Waals surface area contributed by atoms with Crippen LogP contribution in [0.4, 0.5) is 0 Å². The predicted molar refractivity (Wildman–Crippen MR) is 64.3 cm³/mol. The van der Waals surface area contributed by atoms with Crippen LogP contribution in [0.25, 0.3) is 0 Å². The minimum Gasteiger partial charge on any atom is -0.0654 e. The van der Waals surface area contributed by atoms with Crippen molar-refractivity contribution < 1.29 is 0 Å². The molecule has 0 nitrogen and oxygen atoms in total. The summed E-state index contributed by atoms with van der Waals surface area (Å²) in [5.74, 6) is 0.952. The summed E-state index contributed by atoms with van der Waals surface area (Å²) in [7, 11) is 0. The van der Waals surface area contributed by atoms with E-state index in [4.69, 9.17) is 0 Å². The van der Waals surface area contributed by atoms with Crippen LogP contribution in [0.3, 0.4) is 0 Å². The van der Waals surface area contributed by atoms with Crippen molar-refractivity contribution in [2.24, 2.45) is 5.92 Å². The molecule has 1 rings (SSSR count). The van der Waals surface area contributed by atoms with Gasteiger partial charge in [-0.05, 0) is 12.3 Å². The van der Waals surface area contributed by atoms with E-state index in [1.807, 2.05) is 0 Å². The molecule has 0 aromatic rings. The Morgan fingerprint density at radius 2 is 1.36 bits per heavy atom. The van der Waals surface area contributed by atoms with Crippen LogP contribution < -0.4 is 0 Å². The summed E-state index contributed by atoms with van der Waals surface area (Å²) in [5.41, 5.74) is 0. The van der Waals surface area contributed by atoms with Crippen molar-refractivity contribution in [1.82, 2.24) is 0 Å². The second-order valence-electron chi connectivity index (χ2n) is 4.84. The second kappa shape index (κ2) is 8.32. The van der Waals surface area contributed by atoms with Gasteiger partial charge < -0.3 is 0 Å². The molecule has 0 atom stereocenters. The van der Waals surface area contributed by atoms with Gasteiger partial charge in [-0.3, -0.25) is 0 Å². The van der Waals surface area contributed by atoms with Crippen molar-refractivity contribution in [2.45, 2.75) is 77.6 Å². The molecule has 0 unspecified atom stereocenters. The lowest BCUT2D eigenvalue weighted by Gasteiger charge is -2.17. The van der Waals surface area contributed by atoms with E-state index >= 15 is 0 Å². The van der Waals surface area contributed by atoms with Crippen LogP contribution in [-0.4, -0.2) is 0 Å². The van der Waals surface area contributed by atoms with E-state index < -0.39 is 0 Å². The van der Waals surface area contributed by atoms with Gasteiger partial charge in [0.1, 0.15) is 0 Å². The Hall–Kier alpha value is 0. The van der Waals surface area contributed by atoms with Crippen LogP contribution in [0.15, 0.2) is 0 Å². The predicted octanol–water partition coefficient (Wildman–Crippen LogP) is 5.13. The van der Waals surface area contributed by atoms with E-state index in [1.165, 1.54) is 70.6 Å². The Bertz CT molecular complexity index is 107. The highest BCUT2D eigenvalue weighted by Crippen LogP contribution is 2.24. The highest BCUT2D eigenvalue weighted by molar-refractivity contribution is 4.76. The highest BCUT2D eigenvalue weighted by Gasteiger charge is 2.09. The van der Waals surface area contributed by atoms with Crippen LogP contribution >= 0.6 is 0 Å². The molecule has 83 valence electrons. The van der Waals surface area contributed by atoms with Crippen LogP contribution in [0, 0.1) is 12.3 Å². The molecule has 1 saturated carbocycles. The summed E-state index contributed by atoms with van der Waals surface area (Å²) in [5, 5.41) is 0. The normalized spacial score (nSPS) is 22.1. The van der Waals surface area contributed by atoms with Gasteiger partial charge in [0.15, 0.2) is 0 Å².